The summed E-state index contributed by atoms with van der Waals surface area (Å²) < 4.78 is 16.8. The highest BCUT2D eigenvalue weighted by Crippen LogP contribution is 2.17. The van der Waals surface area contributed by atoms with Gasteiger partial charge in [0.2, 0.25) is 0 Å². The maximum atomic E-state index is 12.9. The molecular formula is C62H112O6. The van der Waals surface area contributed by atoms with Gasteiger partial charge in [-0.3, -0.25) is 14.4 Å². The Morgan fingerprint density at radius 2 is 0.603 bits per heavy atom. The number of hydrogen-bond acceptors (Lipinski definition) is 6. The van der Waals surface area contributed by atoms with Gasteiger partial charge in [0.05, 0.1) is 0 Å². The van der Waals surface area contributed by atoms with Crippen molar-refractivity contribution in [2.24, 2.45) is 0 Å². The Morgan fingerprint density at radius 1 is 0.309 bits per heavy atom. The van der Waals surface area contributed by atoms with E-state index in [0.717, 1.165) is 51.4 Å². The van der Waals surface area contributed by atoms with Crippen molar-refractivity contribution in [1.82, 2.24) is 0 Å². The van der Waals surface area contributed by atoms with Crippen LogP contribution in [0.25, 0.3) is 0 Å². The maximum absolute atomic E-state index is 12.9. The van der Waals surface area contributed by atoms with Gasteiger partial charge < -0.3 is 14.2 Å². The van der Waals surface area contributed by atoms with E-state index < -0.39 is 6.10 Å². The van der Waals surface area contributed by atoms with E-state index in [9.17, 15) is 14.4 Å². The quantitative estimate of drug-likeness (QED) is 0.0199. The minimum absolute atomic E-state index is 0.0889. The van der Waals surface area contributed by atoms with E-state index >= 15 is 0 Å². The van der Waals surface area contributed by atoms with Gasteiger partial charge in [-0.2, -0.15) is 0 Å². The van der Waals surface area contributed by atoms with Gasteiger partial charge in [-0.25, -0.2) is 0 Å². The predicted octanol–water partition coefficient (Wildman–Crippen LogP) is 19.8. The first-order valence-corrected chi connectivity index (χ1v) is 29.7. The SMILES string of the molecule is CCCCC/C=C\C=C/CCCCCCCCCCCCC(=O)OCC(COC(=O)CC/C=C\C/C=C\CCCCCCCC)OC(=O)CCCCCCCCCCCCCCCCCCCC. The zero-order valence-corrected chi connectivity index (χ0v) is 45.4. The fourth-order valence-electron chi connectivity index (χ4n) is 8.61. The van der Waals surface area contributed by atoms with Crippen LogP contribution in [-0.2, 0) is 28.6 Å². The zero-order valence-electron chi connectivity index (χ0n) is 45.4. The van der Waals surface area contributed by atoms with Gasteiger partial charge in [0.1, 0.15) is 13.2 Å². The fourth-order valence-corrected chi connectivity index (χ4v) is 8.61. The summed E-state index contributed by atoms with van der Waals surface area (Å²) in [6.07, 6.45) is 69.7. The molecule has 6 heteroatoms. The predicted molar refractivity (Wildman–Crippen MR) is 293 cm³/mol. The molecule has 1 atom stereocenters. The van der Waals surface area contributed by atoms with Gasteiger partial charge in [-0.05, 0) is 64.2 Å². The Kier molecular flexibility index (Phi) is 54.8. The first-order chi connectivity index (χ1) is 33.5. The van der Waals surface area contributed by atoms with Crippen LogP contribution in [0.3, 0.4) is 0 Å². The smallest absolute Gasteiger partial charge is 0.306 e. The van der Waals surface area contributed by atoms with Crippen molar-refractivity contribution in [2.75, 3.05) is 13.2 Å². The second kappa shape index (κ2) is 57.0. The summed E-state index contributed by atoms with van der Waals surface area (Å²) in [6, 6.07) is 0. The average molecular weight is 954 g/mol. The van der Waals surface area contributed by atoms with Gasteiger partial charge in [-0.1, -0.05) is 275 Å². The Balaban J connectivity index is 4.36. The summed E-state index contributed by atoms with van der Waals surface area (Å²) in [5, 5.41) is 0. The minimum Gasteiger partial charge on any atom is -0.462 e. The summed E-state index contributed by atoms with van der Waals surface area (Å²) >= 11 is 0. The molecule has 0 amide bonds. The number of ether oxygens (including phenoxy) is 3. The molecule has 0 aromatic carbocycles. The molecule has 0 N–H and O–H groups in total. The third-order valence-electron chi connectivity index (χ3n) is 13.1. The van der Waals surface area contributed by atoms with Gasteiger partial charge in [0.25, 0.3) is 0 Å². The summed E-state index contributed by atoms with van der Waals surface area (Å²) in [5.41, 5.74) is 0. The van der Waals surface area contributed by atoms with E-state index in [-0.39, 0.29) is 37.5 Å². The van der Waals surface area contributed by atoms with Crippen molar-refractivity contribution in [3.8, 4) is 0 Å². The molecule has 0 rings (SSSR count). The van der Waals surface area contributed by atoms with Gasteiger partial charge in [0.15, 0.2) is 6.10 Å². The van der Waals surface area contributed by atoms with Crippen molar-refractivity contribution in [1.29, 1.82) is 0 Å². The molecule has 0 saturated heterocycles. The van der Waals surface area contributed by atoms with Crippen molar-refractivity contribution in [2.45, 2.75) is 316 Å². The van der Waals surface area contributed by atoms with E-state index in [1.165, 1.54) is 212 Å². The number of hydrogen-bond donors (Lipinski definition) is 0. The molecule has 1 unspecified atom stereocenters. The lowest BCUT2D eigenvalue weighted by atomic mass is 10.0. The monoisotopic (exact) mass is 953 g/mol. The zero-order chi connectivity index (χ0) is 49.3. The van der Waals surface area contributed by atoms with E-state index in [0.29, 0.717) is 19.3 Å². The van der Waals surface area contributed by atoms with Gasteiger partial charge >= 0.3 is 17.9 Å². The number of unbranched alkanes of at least 4 members (excludes halogenated alkanes) is 36. The minimum atomic E-state index is -0.794. The molecule has 0 aromatic heterocycles. The summed E-state index contributed by atoms with van der Waals surface area (Å²) in [6.45, 7) is 6.59. The molecule has 0 spiro atoms. The lowest BCUT2D eigenvalue weighted by molar-refractivity contribution is -0.166. The molecule has 0 saturated carbocycles. The van der Waals surface area contributed by atoms with Crippen LogP contribution in [0.5, 0.6) is 0 Å². The lowest BCUT2D eigenvalue weighted by Gasteiger charge is -2.18. The molecule has 0 bridgehead atoms. The van der Waals surface area contributed by atoms with Crippen molar-refractivity contribution in [3.05, 3.63) is 48.6 Å². The lowest BCUT2D eigenvalue weighted by Crippen LogP contribution is -2.30. The van der Waals surface area contributed by atoms with Gasteiger partial charge in [0, 0.05) is 19.3 Å². The third-order valence-corrected chi connectivity index (χ3v) is 13.1. The van der Waals surface area contributed by atoms with Crippen LogP contribution >= 0.6 is 0 Å². The average Bonchev–Trinajstić information content (AvgIpc) is 3.34. The second-order valence-corrected chi connectivity index (χ2v) is 19.9. The molecule has 68 heavy (non-hydrogen) atoms. The number of esters is 3. The van der Waals surface area contributed by atoms with Gasteiger partial charge in [-0.15, -0.1) is 0 Å². The van der Waals surface area contributed by atoms with Crippen molar-refractivity contribution in [3.63, 3.8) is 0 Å². The number of rotatable bonds is 54. The van der Waals surface area contributed by atoms with E-state index in [4.69, 9.17) is 14.2 Å². The highest BCUT2D eigenvalue weighted by atomic mass is 16.6. The molecule has 0 aliphatic heterocycles. The normalized spacial score (nSPS) is 12.3. The molecule has 0 aliphatic carbocycles. The van der Waals surface area contributed by atoms with E-state index in [2.05, 4.69) is 63.3 Å². The second-order valence-electron chi connectivity index (χ2n) is 19.9. The highest BCUT2D eigenvalue weighted by molar-refractivity contribution is 5.71. The highest BCUT2D eigenvalue weighted by Gasteiger charge is 2.19. The molecule has 0 fully saturated rings. The Hall–Kier alpha value is -2.63. The Labute approximate surface area is 422 Å². The molecule has 0 heterocycles. The van der Waals surface area contributed by atoms with Crippen LogP contribution in [-0.4, -0.2) is 37.2 Å². The maximum Gasteiger partial charge on any atom is 0.306 e. The van der Waals surface area contributed by atoms with Crippen LogP contribution in [0.1, 0.15) is 310 Å². The Bertz CT molecular complexity index is 1190. The first kappa shape index (κ1) is 65.4. The van der Waals surface area contributed by atoms with Crippen LogP contribution in [0, 0.1) is 0 Å². The van der Waals surface area contributed by atoms with E-state index in [1.807, 2.05) is 6.08 Å². The number of allylic oxidation sites excluding steroid dienone is 8. The van der Waals surface area contributed by atoms with Crippen molar-refractivity contribution < 1.29 is 28.6 Å². The number of carbonyl (C=O) groups excluding carboxylic acids is 3. The van der Waals surface area contributed by atoms with E-state index in [1.54, 1.807) is 0 Å². The molecule has 0 aromatic rings. The summed E-state index contributed by atoms with van der Waals surface area (Å²) in [7, 11) is 0. The number of carbonyl (C=O) groups is 3. The van der Waals surface area contributed by atoms with Crippen LogP contribution in [0.15, 0.2) is 48.6 Å². The molecule has 6 nitrogen and oxygen atoms in total. The summed E-state index contributed by atoms with van der Waals surface area (Å²) in [4.78, 5) is 38.1. The van der Waals surface area contributed by atoms with Crippen LogP contribution in [0.2, 0.25) is 0 Å². The van der Waals surface area contributed by atoms with Crippen molar-refractivity contribution >= 4 is 17.9 Å². The van der Waals surface area contributed by atoms with Crippen LogP contribution in [0.4, 0.5) is 0 Å². The Morgan fingerprint density at radius 3 is 1.01 bits per heavy atom. The standard InChI is InChI=1S/C62H112O6/c1-4-7-10-13-16-19-22-25-27-29-31-33-34-37-40-43-46-49-52-55-61(64)67-58-59(57-66-60(63)54-51-48-45-42-39-36-24-21-18-15-12-9-6-3)68-62(65)56-53-50-47-44-41-38-35-32-30-28-26-23-20-17-14-11-8-5-2/h16,19,22,25,36,39,45,48,59H,4-15,17-18,20-21,23-24,26-35,37-38,40-44,46-47,49-58H2,1-3H3/b19-16-,25-22-,39-36-,48-45-. The third kappa shape index (κ3) is 54.3. The van der Waals surface area contributed by atoms with Crippen LogP contribution < -0.4 is 0 Å². The molecule has 0 aliphatic rings. The largest absolute Gasteiger partial charge is 0.462 e. The summed E-state index contributed by atoms with van der Waals surface area (Å²) in [5.74, 6) is -0.946. The molecular weight excluding hydrogens is 841 g/mol. The topological polar surface area (TPSA) is 78.9 Å². The molecule has 0 radical (unpaired) electrons. The molecule has 396 valence electrons. The fraction of sp³-hybridized carbons (Fsp3) is 0.823. The first-order valence-electron chi connectivity index (χ1n) is 29.7.